The molecule has 2 saturated heterocycles. The Balaban J connectivity index is 1.48. The van der Waals surface area contributed by atoms with Crippen LogP contribution in [0, 0.1) is 0 Å². The fourth-order valence-corrected chi connectivity index (χ4v) is 7.47. The quantitative estimate of drug-likeness (QED) is 0.0609. The Labute approximate surface area is 381 Å². The third-order valence-electron chi connectivity index (χ3n) is 12.2. The first-order valence-electron chi connectivity index (χ1n) is 24.4. The Hall–Kier alpha value is -2.12. The van der Waals surface area contributed by atoms with E-state index in [1.165, 1.54) is 0 Å². The van der Waals surface area contributed by atoms with Crippen LogP contribution in [0.25, 0.3) is 0 Å². The standard InChI is InChI=1S/C47H91N7O9/c1-46(2,62-40-11-7-9-38-60-44(58)16-22-48-20-13-24-53-33-29-50(5)30-34-53)42(56)18-27-52(26-15-37-55)28-19-43(57)47(3,4)63-41-12-8-10-39-61-45(59)17-23-49-21-14-25-54-35-31-51(6)32-36-54/h48-49,55H,7-41H2,1-6H3. The summed E-state index contributed by atoms with van der Waals surface area (Å²) in [5.74, 6) is -0.384. The maximum Gasteiger partial charge on any atom is 0.307 e. The average molecular weight is 898 g/mol. The highest BCUT2D eigenvalue weighted by molar-refractivity contribution is 5.87. The number of aliphatic hydroxyl groups excluding tert-OH is 1. The molecule has 2 heterocycles. The van der Waals surface area contributed by atoms with Crippen LogP contribution in [0.2, 0.25) is 0 Å². The summed E-state index contributed by atoms with van der Waals surface area (Å²) in [7, 11) is 4.33. The van der Waals surface area contributed by atoms with Crippen LogP contribution in [-0.4, -0.2) is 223 Å². The molecule has 16 nitrogen and oxygen atoms in total. The fraction of sp³-hybridized carbons (Fsp3) is 0.915. The van der Waals surface area contributed by atoms with Gasteiger partial charge in [0.1, 0.15) is 11.2 Å². The molecule has 2 aliphatic rings. The zero-order valence-corrected chi connectivity index (χ0v) is 40.7. The first-order chi connectivity index (χ1) is 30.2. The van der Waals surface area contributed by atoms with Crippen molar-refractivity contribution in [3.63, 3.8) is 0 Å². The minimum Gasteiger partial charge on any atom is -0.466 e. The Morgan fingerprint density at radius 2 is 0.905 bits per heavy atom. The predicted molar refractivity (Wildman–Crippen MR) is 249 cm³/mol. The summed E-state index contributed by atoms with van der Waals surface area (Å²) in [6, 6.07) is 0. The number of nitrogens with zero attached hydrogens (tertiary/aromatic N) is 5. The Morgan fingerprint density at radius 1 is 0.508 bits per heavy atom. The van der Waals surface area contributed by atoms with Crippen molar-refractivity contribution in [3.8, 4) is 0 Å². The van der Waals surface area contributed by atoms with Crippen molar-refractivity contribution in [1.82, 2.24) is 35.1 Å². The summed E-state index contributed by atoms with van der Waals surface area (Å²) < 4.78 is 22.8. The summed E-state index contributed by atoms with van der Waals surface area (Å²) in [6.07, 6.45) is 8.68. The van der Waals surface area contributed by atoms with Crippen molar-refractivity contribution < 1.29 is 43.2 Å². The van der Waals surface area contributed by atoms with E-state index >= 15 is 0 Å². The molecular formula is C47H91N7O9. The highest BCUT2D eigenvalue weighted by Gasteiger charge is 2.30. The lowest BCUT2D eigenvalue weighted by molar-refractivity contribution is -0.144. The number of hydrogen-bond donors (Lipinski definition) is 3. The number of carbonyl (C=O) groups excluding carboxylic acids is 4. The van der Waals surface area contributed by atoms with Gasteiger partial charge in [-0.2, -0.15) is 0 Å². The van der Waals surface area contributed by atoms with Crippen LogP contribution < -0.4 is 10.6 Å². The van der Waals surface area contributed by atoms with E-state index in [1.807, 2.05) is 0 Å². The van der Waals surface area contributed by atoms with E-state index in [0.717, 1.165) is 130 Å². The Kier molecular flexibility index (Phi) is 31.0. The summed E-state index contributed by atoms with van der Waals surface area (Å²) in [6.45, 7) is 24.6. The zero-order valence-electron chi connectivity index (χ0n) is 40.7. The molecular weight excluding hydrogens is 807 g/mol. The van der Waals surface area contributed by atoms with E-state index in [0.29, 0.717) is 78.4 Å². The molecule has 2 aliphatic heterocycles. The number of likely N-dealkylation sites (N-methyl/N-ethyl adjacent to an activating group) is 2. The van der Waals surface area contributed by atoms with Gasteiger partial charge in [0.25, 0.3) is 0 Å². The number of ether oxygens (including phenoxy) is 4. The van der Waals surface area contributed by atoms with Gasteiger partial charge in [-0.05, 0) is 126 Å². The molecule has 0 aromatic heterocycles. The van der Waals surface area contributed by atoms with Gasteiger partial charge in [0.05, 0.1) is 26.1 Å². The molecule has 2 rings (SSSR count). The van der Waals surface area contributed by atoms with Gasteiger partial charge in [-0.1, -0.05) is 0 Å². The number of Topliss-reactive ketones (excluding diaryl/α,β-unsaturated/α-hetero) is 2. The van der Waals surface area contributed by atoms with Crippen molar-refractivity contribution in [1.29, 1.82) is 0 Å². The van der Waals surface area contributed by atoms with E-state index in [9.17, 15) is 24.3 Å². The average Bonchev–Trinajstić information content (AvgIpc) is 3.25. The molecule has 0 atom stereocenters. The van der Waals surface area contributed by atoms with Gasteiger partial charge in [-0.3, -0.25) is 19.2 Å². The van der Waals surface area contributed by atoms with Crippen molar-refractivity contribution in [2.75, 3.05) is 158 Å². The number of ketones is 2. The number of esters is 2. The molecule has 368 valence electrons. The topological polar surface area (TPSA) is 166 Å². The van der Waals surface area contributed by atoms with E-state index < -0.39 is 11.2 Å². The van der Waals surface area contributed by atoms with Crippen LogP contribution in [0.15, 0.2) is 0 Å². The van der Waals surface area contributed by atoms with Crippen molar-refractivity contribution in [2.24, 2.45) is 0 Å². The monoisotopic (exact) mass is 898 g/mol. The third kappa shape index (κ3) is 28.5. The van der Waals surface area contributed by atoms with Gasteiger partial charge in [-0.15, -0.1) is 0 Å². The van der Waals surface area contributed by atoms with Crippen molar-refractivity contribution in [2.45, 2.75) is 122 Å². The SMILES string of the molecule is CN1CCN(CCCNCCC(=O)OCCCCCOC(C)(C)C(=O)CCN(CCCO)CCC(=O)C(C)(C)OCCCCCOC(=O)CCNCCCN2CCN(C)CC2)CC1. The molecule has 63 heavy (non-hydrogen) atoms. The highest BCUT2D eigenvalue weighted by Crippen LogP contribution is 2.17. The first kappa shape index (κ1) is 57.0. The normalized spacial score (nSPS) is 16.2. The molecule has 0 amide bonds. The highest BCUT2D eigenvalue weighted by atomic mass is 16.5. The second-order valence-corrected chi connectivity index (χ2v) is 18.5. The number of aliphatic hydroxyl groups is 1. The van der Waals surface area contributed by atoms with Crippen LogP contribution >= 0.6 is 0 Å². The second-order valence-electron chi connectivity index (χ2n) is 18.5. The smallest absolute Gasteiger partial charge is 0.307 e. The number of nitrogens with one attached hydrogen (secondary N) is 2. The zero-order chi connectivity index (χ0) is 46.2. The summed E-state index contributed by atoms with van der Waals surface area (Å²) in [5.41, 5.74) is -1.89. The minimum absolute atomic E-state index is 0.0114. The fourth-order valence-electron chi connectivity index (χ4n) is 7.47. The van der Waals surface area contributed by atoms with Crippen LogP contribution in [0.3, 0.4) is 0 Å². The number of piperazine rings is 2. The van der Waals surface area contributed by atoms with Crippen LogP contribution in [0.5, 0.6) is 0 Å². The molecule has 0 bridgehead atoms. The molecule has 0 aromatic rings. The molecule has 0 aliphatic carbocycles. The lowest BCUT2D eigenvalue weighted by Crippen LogP contribution is -2.45. The molecule has 2 fully saturated rings. The summed E-state index contributed by atoms with van der Waals surface area (Å²) in [5, 5.41) is 16.2. The molecule has 0 aromatic carbocycles. The second kappa shape index (κ2) is 34.2. The first-order valence-corrected chi connectivity index (χ1v) is 24.4. The summed E-state index contributed by atoms with van der Waals surface area (Å²) in [4.78, 5) is 62.3. The summed E-state index contributed by atoms with van der Waals surface area (Å²) >= 11 is 0. The Morgan fingerprint density at radius 3 is 1.30 bits per heavy atom. The van der Waals surface area contributed by atoms with Gasteiger partial charge in [0.2, 0.25) is 0 Å². The largest absolute Gasteiger partial charge is 0.466 e. The van der Waals surface area contributed by atoms with E-state index in [4.69, 9.17) is 18.9 Å². The predicted octanol–water partition coefficient (Wildman–Crippen LogP) is 2.84. The lowest BCUT2D eigenvalue weighted by Gasteiger charge is -2.32. The van der Waals surface area contributed by atoms with E-state index in [-0.39, 0.29) is 43.0 Å². The van der Waals surface area contributed by atoms with Gasteiger partial charge >= 0.3 is 11.9 Å². The van der Waals surface area contributed by atoms with Gasteiger partial charge in [0.15, 0.2) is 11.6 Å². The number of hydrogen-bond acceptors (Lipinski definition) is 16. The Bertz CT molecular complexity index is 1140. The van der Waals surface area contributed by atoms with Crippen LogP contribution in [-0.2, 0) is 38.1 Å². The molecule has 16 heteroatoms. The van der Waals surface area contributed by atoms with E-state index in [2.05, 4.69) is 49.2 Å². The lowest BCUT2D eigenvalue weighted by atomic mass is 9.99. The van der Waals surface area contributed by atoms with Gasteiger partial charge < -0.3 is 59.2 Å². The molecule has 0 spiro atoms. The van der Waals surface area contributed by atoms with Crippen LogP contribution in [0.4, 0.5) is 0 Å². The van der Waals surface area contributed by atoms with Gasteiger partial charge in [0, 0.05) is 118 Å². The third-order valence-corrected chi connectivity index (χ3v) is 12.2. The number of rotatable bonds is 39. The van der Waals surface area contributed by atoms with Gasteiger partial charge in [-0.25, -0.2) is 0 Å². The maximum atomic E-state index is 13.2. The molecule has 0 unspecified atom stereocenters. The van der Waals surface area contributed by atoms with Crippen LogP contribution in [0.1, 0.15) is 111 Å². The number of unbranched alkanes of at least 4 members (excludes halogenated alkanes) is 4. The number of carbonyl (C=O) groups is 4. The molecule has 3 N–H and O–H groups in total. The van der Waals surface area contributed by atoms with E-state index in [1.54, 1.807) is 27.7 Å². The minimum atomic E-state index is -0.943. The molecule has 0 saturated carbocycles. The van der Waals surface area contributed by atoms with Crippen molar-refractivity contribution in [3.05, 3.63) is 0 Å². The maximum absolute atomic E-state index is 13.2. The molecule has 0 radical (unpaired) electrons. The van der Waals surface area contributed by atoms with Crippen molar-refractivity contribution >= 4 is 23.5 Å².